The van der Waals surface area contributed by atoms with Crippen LogP contribution in [0.5, 0.6) is 0 Å². The highest BCUT2D eigenvalue weighted by Gasteiger charge is 2.00. The van der Waals surface area contributed by atoms with Gasteiger partial charge in [-0.3, -0.25) is 0 Å². The number of nitrogens with one attached hydrogen (secondary N) is 2. The molecule has 1 heterocycles. The molecule has 0 bridgehead atoms. The molecular weight excluding hydrogens is 188 g/mol. The molecule has 0 aliphatic heterocycles. The molecule has 0 fully saturated rings. The predicted octanol–water partition coefficient (Wildman–Crippen LogP) is 1.63. The van der Waals surface area contributed by atoms with Crippen LogP contribution in [0.15, 0.2) is 16.7 Å². The Hall–Kier alpha value is -0.510. The summed E-state index contributed by atoms with van der Waals surface area (Å²) in [6.45, 7) is 2.80. The zero-order valence-electron chi connectivity index (χ0n) is 7.77. The van der Waals surface area contributed by atoms with E-state index in [1.807, 2.05) is 13.1 Å². The molecule has 0 amide bonds. The molecule has 4 heteroatoms. The van der Waals surface area contributed by atoms with Crippen LogP contribution in [0.25, 0.3) is 0 Å². The first kappa shape index (κ1) is 10.6. The van der Waals surface area contributed by atoms with Crippen molar-refractivity contribution >= 4 is 11.6 Å². The molecule has 2 N–H and O–H groups in total. The van der Waals surface area contributed by atoms with Gasteiger partial charge in [0.1, 0.15) is 0 Å². The Bertz CT molecular complexity index is 237. The molecule has 0 unspecified atom stereocenters. The zero-order valence-corrected chi connectivity index (χ0v) is 8.53. The van der Waals surface area contributed by atoms with Crippen molar-refractivity contribution in [3.8, 4) is 0 Å². The van der Waals surface area contributed by atoms with Gasteiger partial charge in [-0.2, -0.15) is 0 Å². The van der Waals surface area contributed by atoms with Crippen LogP contribution >= 0.6 is 11.6 Å². The molecule has 0 aliphatic carbocycles. The van der Waals surface area contributed by atoms with Crippen molar-refractivity contribution in [3.05, 3.63) is 23.1 Å². The van der Waals surface area contributed by atoms with Gasteiger partial charge in [-0.25, -0.2) is 0 Å². The number of hydrogen-bond acceptors (Lipinski definition) is 3. The van der Waals surface area contributed by atoms with Crippen molar-refractivity contribution in [1.29, 1.82) is 0 Å². The lowest BCUT2D eigenvalue weighted by atomic mass is 10.3. The Morgan fingerprint density at radius 2 is 2.31 bits per heavy atom. The summed E-state index contributed by atoms with van der Waals surface area (Å²) in [5.41, 5.74) is 1.02. The van der Waals surface area contributed by atoms with Gasteiger partial charge in [0.05, 0.1) is 6.26 Å². The van der Waals surface area contributed by atoms with Gasteiger partial charge < -0.3 is 15.1 Å². The van der Waals surface area contributed by atoms with Gasteiger partial charge in [-0.1, -0.05) is 0 Å². The second-order valence-electron chi connectivity index (χ2n) is 2.85. The number of hydrogen-bond donors (Lipinski definition) is 2. The van der Waals surface area contributed by atoms with E-state index in [4.69, 9.17) is 16.0 Å². The molecule has 0 spiro atoms. The van der Waals surface area contributed by atoms with Crippen LogP contribution in [-0.2, 0) is 6.54 Å². The SMILES string of the molecule is CNCCCNCc1ccoc1Cl. The Morgan fingerprint density at radius 1 is 1.46 bits per heavy atom. The first-order valence-corrected chi connectivity index (χ1v) is 4.79. The minimum absolute atomic E-state index is 0.487. The van der Waals surface area contributed by atoms with Crippen LogP contribution < -0.4 is 10.6 Å². The molecule has 0 radical (unpaired) electrons. The minimum Gasteiger partial charge on any atom is -0.453 e. The molecule has 1 rings (SSSR count). The van der Waals surface area contributed by atoms with Gasteiger partial charge in [-0.05, 0) is 44.2 Å². The lowest BCUT2D eigenvalue weighted by molar-refractivity contribution is 0.560. The van der Waals surface area contributed by atoms with Gasteiger partial charge in [0, 0.05) is 12.1 Å². The number of furan rings is 1. The molecule has 3 nitrogen and oxygen atoms in total. The molecule has 0 saturated carbocycles. The van der Waals surface area contributed by atoms with Crippen molar-refractivity contribution in [2.24, 2.45) is 0 Å². The van der Waals surface area contributed by atoms with E-state index < -0.39 is 0 Å². The van der Waals surface area contributed by atoms with E-state index in [0.717, 1.165) is 31.6 Å². The highest BCUT2D eigenvalue weighted by Crippen LogP contribution is 2.15. The summed E-state index contributed by atoms with van der Waals surface area (Å²) in [6.07, 6.45) is 2.72. The molecule has 74 valence electrons. The Labute approximate surface area is 83.5 Å². The number of halogens is 1. The van der Waals surface area contributed by atoms with E-state index >= 15 is 0 Å². The van der Waals surface area contributed by atoms with Crippen LogP contribution in [0.3, 0.4) is 0 Å². The number of rotatable bonds is 6. The maximum atomic E-state index is 5.76. The van der Waals surface area contributed by atoms with E-state index in [2.05, 4.69) is 10.6 Å². The Morgan fingerprint density at radius 3 is 2.92 bits per heavy atom. The molecule has 0 atom stereocenters. The summed E-state index contributed by atoms with van der Waals surface area (Å²) < 4.78 is 4.96. The van der Waals surface area contributed by atoms with Crippen LogP contribution in [0, 0.1) is 0 Å². The van der Waals surface area contributed by atoms with Crippen molar-refractivity contribution < 1.29 is 4.42 Å². The third-order valence-corrected chi connectivity index (χ3v) is 2.12. The summed E-state index contributed by atoms with van der Waals surface area (Å²) in [5, 5.41) is 6.85. The van der Waals surface area contributed by atoms with E-state index in [-0.39, 0.29) is 0 Å². The molecule has 0 saturated heterocycles. The smallest absolute Gasteiger partial charge is 0.197 e. The van der Waals surface area contributed by atoms with Gasteiger partial charge in [0.2, 0.25) is 0 Å². The lowest BCUT2D eigenvalue weighted by Gasteiger charge is -2.02. The predicted molar refractivity (Wildman–Crippen MR) is 54.0 cm³/mol. The van der Waals surface area contributed by atoms with Gasteiger partial charge in [0.25, 0.3) is 0 Å². The highest BCUT2D eigenvalue weighted by molar-refractivity contribution is 6.29. The summed E-state index contributed by atoms with van der Waals surface area (Å²) in [5.74, 6) is 0. The van der Waals surface area contributed by atoms with Crippen molar-refractivity contribution in [2.75, 3.05) is 20.1 Å². The Balaban J connectivity index is 2.10. The van der Waals surface area contributed by atoms with Gasteiger partial charge >= 0.3 is 0 Å². The maximum absolute atomic E-state index is 5.76. The first-order valence-electron chi connectivity index (χ1n) is 4.42. The summed E-state index contributed by atoms with van der Waals surface area (Å²) in [6, 6.07) is 1.88. The third-order valence-electron chi connectivity index (χ3n) is 1.79. The second kappa shape index (κ2) is 6.02. The van der Waals surface area contributed by atoms with Gasteiger partial charge in [0.15, 0.2) is 5.22 Å². The summed E-state index contributed by atoms with van der Waals surface area (Å²) in [7, 11) is 1.95. The van der Waals surface area contributed by atoms with E-state index in [1.165, 1.54) is 0 Å². The quantitative estimate of drug-likeness (QED) is 0.689. The normalized spacial score (nSPS) is 10.6. The van der Waals surface area contributed by atoms with Crippen LogP contribution in [-0.4, -0.2) is 20.1 Å². The molecule has 13 heavy (non-hydrogen) atoms. The monoisotopic (exact) mass is 202 g/mol. The van der Waals surface area contributed by atoms with E-state index in [1.54, 1.807) is 6.26 Å². The molecule has 0 aromatic carbocycles. The van der Waals surface area contributed by atoms with Crippen molar-refractivity contribution in [1.82, 2.24) is 10.6 Å². The standard InChI is InChI=1S/C9H15ClN2O/c1-11-4-2-5-12-7-8-3-6-13-9(8)10/h3,6,11-12H,2,4-5,7H2,1H3. The van der Waals surface area contributed by atoms with Gasteiger partial charge in [-0.15, -0.1) is 0 Å². The summed E-state index contributed by atoms with van der Waals surface area (Å²) in [4.78, 5) is 0. The topological polar surface area (TPSA) is 37.2 Å². The fourth-order valence-corrected chi connectivity index (χ4v) is 1.24. The minimum atomic E-state index is 0.487. The first-order chi connectivity index (χ1) is 6.34. The molecule has 1 aromatic rings. The van der Waals surface area contributed by atoms with Crippen molar-refractivity contribution in [3.63, 3.8) is 0 Å². The summed E-state index contributed by atoms with van der Waals surface area (Å²) >= 11 is 5.76. The fourth-order valence-electron chi connectivity index (χ4n) is 1.06. The molecular formula is C9H15ClN2O. The largest absolute Gasteiger partial charge is 0.453 e. The van der Waals surface area contributed by atoms with E-state index in [9.17, 15) is 0 Å². The average Bonchev–Trinajstić information content (AvgIpc) is 2.52. The fraction of sp³-hybridized carbons (Fsp3) is 0.556. The van der Waals surface area contributed by atoms with Crippen LogP contribution in [0.1, 0.15) is 12.0 Å². The maximum Gasteiger partial charge on any atom is 0.197 e. The van der Waals surface area contributed by atoms with Crippen molar-refractivity contribution in [2.45, 2.75) is 13.0 Å². The Kier molecular flexibility index (Phi) is 4.90. The second-order valence-corrected chi connectivity index (χ2v) is 3.20. The average molecular weight is 203 g/mol. The van der Waals surface area contributed by atoms with Crippen LogP contribution in [0.4, 0.5) is 0 Å². The van der Waals surface area contributed by atoms with E-state index in [0.29, 0.717) is 5.22 Å². The third kappa shape index (κ3) is 3.81. The highest BCUT2D eigenvalue weighted by atomic mass is 35.5. The lowest BCUT2D eigenvalue weighted by Crippen LogP contribution is -2.19. The molecule has 1 aromatic heterocycles. The van der Waals surface area contributed by atoms with Crippen LogP contribution in [0.2, 0.25) is 5.22 Å². The molecule has 0 aliphatic rings. The zero-order chi connectivity index (χ0) is 9.52.